The highest BCUT2D eigenvalue weighted by Crippen LogP contribution is 2.19. The van der Waals surface area contributed by atoms with Crippen LogP contribution >= 0.6 is 11.6 Å². The van der Waals surface area contributed by atoms with Crippen LogP contribution in [0.15, 0.2) is 36.4 Å². The van der Waals surface area contributed by atoms with Gasteiger partial charge >= 0.3 is 0 Å². The number of aromatic nitrogens is 2. The van der Waals surface area contributed by atoms with E-state index in [1.165, 1.54) is 0 Å². The van der Waals surface area contributed by atoms with Gasteiger partial charge in [0, 0.05) is 5.56 Å². The van der Waals surface area contributed by atoms with Crippen molar-refractivity contribution >= 4 is 11.6 Å². The fraction of sp³-hybridized carbons (Fsp3) is 0.154. The van der Waals surface area contributed by atoms with Crippen LogP contribution < -0.4 is 0 Å². The van der Waals surface area contributed by atoms with E-state index in [0.29, 0.717) is 12.4 Å². The number of rotatable bonds is 3. The van der Waals surface area contributed by atoms with Crippen LogP contribution in [0.4, 0.5) is 0 Å². The summed E-state index contributed by atoms with van der Waals surface area (Å²) in [5, 5.41) is 4.43. The Bertz CT molecular complexity index is 508. The lowest BCUT2D eigenvalue weighted by Gasteiger charge is -1.98. The highest BCUT2D eigenvalue weighted by Gasteiger charge is 2.07. The van der Waals surface area contributed by atoms with Crippen molar-refractivity contribution in [2.75, 3.05) is 0 Å². The smallest absolute Gasteiger partial charge is 0.102 e. The van der Waals surface area contributed by atoms with Gasteiger partial charge in [-0.25, -0.2) is 0 Å². The average Bonchev–Trinajstić information content (AvgIpc) is 2.74. The van der Waals surface area contributed by atoms with Crippen molar-refractivity contribution in [2.24, 2.45) is 0 Å². The molecule has 0 saturated heterocycles. The lowest BCUT2D eigenvalue weighted by atomic mass is 10.1. The van der Waals surface area contributed by atoms with Crippen molar-refractivity contribution in [3.8, 4) is 23.6 Å². The Hall–Kier alpha value is -1.72. The highest BCUT2D eigenvalue weighted by molar-refractivity contribution is 6.16. The van der Waals surface area contributed by atoms with E-state index in [9.17, 15) is 0 Å². The maximum atomic E-state index is 5.84. The van der Waals surface area contributed by atoms with Crippen molar-refractivity contribution in [3.63, 3.8) is 0 Å². The monoisotopic (exact) mass is 230 g/mol. The zero-order valence-corrected chi connectivity index (χ0v) is 9.48. The first-order chi connectivity index (χ1) is 7.85. The van der Waals surface area contributed by atoms with Crippen LogP contribution in [-0.2, 0) is 12.4 Å². The highest BCUT2D eigenvalue weighted by atomic mass is 35.5. The number of terminal acetylenes is 1. The zero-order valence-electron chi connectivity index (χ0n) is 8.73. The Kier molecular flexibility index (Phi) is 3.28. The molecule has 1 aromatic heterocycles. The van der Waals surface area contributed by atoms with Crippen molar-refractivity contribution in [1.29, 1.82) is 0 Å². The summed E-state index contributed by atoms with van der Waals surface area (Å²) in [6, 6.07) is 11.9. The molecule has 16 heavy (non-hydrogen) atoms. The van der Waals surface area contributed by atoms with Gasteiger partial charge in [0.25, 0.3) is 0 Å². The van der Waals surface area contributed by atoms with Gasteiger partial charge in [-0.15, -0.1) is 18.0 Å². The summed E-state index contributed by atoms with van der Waals surface area (Å²) in [5.41, 5.74) is 2.93. The Morgan fingerprint density at radius 2 is 2.06 bits per heavy atom. The molecule has 0 fully saturated rings. The molecule has 3 heteroatoms. The molecule has 0 bridgehead atoms. The molecule has 0 aliphatic carbocycles. The summed E-state index contributed by atoms with van der Waals surface area (Å²) >= 11 is 5.84. The lowest BCUT2D eigenvalue weighted by molar-refractivity contribution is 0.690. The quantitative estimate of drug-likeness (QED) is 0.586. The molecule has 0 unspecified atom stereocenters. The summed E-state index contributed by atoms with van der Waals surface area (Å²) < 4.78 is 1.76. The molecule has 0 saturated carbocycles. The van der Waals surface area contributed by atoms with Gasteiger partial charge in [0.05, 0.1) is 17.3 Å². The molecule has 2 nitrogen and oxygen atoms in total. The summed E-state index contributed by atoms with van der Waals surface area (Å²) in [6.45, 7) is 0.453. The van der Waals surface area contributed by atoms with E-state index in [2.05, 4.69) is 11.0 Å². The molecular weight excluding hydrogens is 220 g/mol. The Morgan fingerprint density at radius 1 is 1.31 bits per heavy atom. The Labute approximate surface area is 99.9 Å². The van der Waals surface area contributed by atoms with E-state index in [0.717, 1.165) is 17.0 Å². The predicted molar refractivity (Wildman–Crippen MR) is 66.1 cm³/mol. The van der Waals surface area contributed by atoms with Gasteiger partial charge in [-0.05, 0) is 6.07 Å². The normalized spacial score (nSPS) is 10.0. The van der Waals surface area contributed by atoms with Crippen LogP contribution in [0.3, 0.4) is 0 Å². The van der Waals surface area contributed by atoms with Gasteiger partial charge in [0.15, 0.2) is 0 Å². The van der Waals surface area contributed by atoms with E-state index < -0.39 is 0 Å². The first kappa shape index (κ1) is 10.8. The number of alkyl halides is 1. The summed E-state index contributed by atoms with van der Waals surface area (Å²) in [5.74, 6) is 2.98. The van der Waals surface area contributed by atoms with Crippen LogP contribution in [0, 0.1) is 12.3 Å². The molecule has 0 radical (unpaired) electrons. The second kappa shape index (κ2) is 4.87. The standard InChI is InChI=1S/C13H11ClN2/c1-2-8-16-12(10-14)9-13(15-16)11-6-4-3-5-7-11/h1,3-7,9H,8,10H2. The Morgan fingerprint density at radius 3 is 2.69 bits per heavy atom. The minimum absolute atomic E-state index is 0.418. The lowest BCUT2D eigenvalue weighted by Crippen LogP contribution is -2.01. The predicted octanol–water partition coefficient (Wildman–Crippen LogP) is 2.92. The maximum Gasteiger partial charge on any atom is 0.102 e. The van der Waals surface area contributed by atoms with E-state index in [1.54, 1.807) is 4.68 Å². The molecule has 0 amide bonds. The van der Waals surface area contributed by atoms with Gasteiger partial charge < -0.3 is 0 Å². The molecule has 0 N–H and O–H groups in total. The van der Waals surface area contributed by atoms with Crippen LogP contribution in [0.2, 0.25) is 0 Å². The molecule has 2 rings (SSSR count). The molecule has 2 aromatic rings. The van der Waals surface area contributed by atoms with Gasteiger partial charge in [0.2, 0.25) is 0 Å². The molecule has 0 aliphatic heterocycles. The fourth-order valence-corrected chi connectivity index (χ4v) is 1.75. The number of benzene rings is 1. The van der Waals surface area contributed by atoms with Crippen molar-refractivity contribution in [2.45, 2.75) is 12.4 Å². The third-order valence-electron chi connectivity index (χ3n) is 2.31. The van der Waals surface area contributed by atoms with E-state index >= 15 is 0 Å². The van der Waals surface area contributed by atoms with Crippen LogP contribution in [-0.4, -0.2) is 9.78 Å². The van der Waals surface area contributed by atoms with Crippen LogP contribution in [0.1, 0.15) is 5.69 Å². The first-order valence-electron chi connectivity index (χ1n) is 4.96. The van der Waals surface area contributed by atoms with E-state index in [1.807, 2.05) is 36.4 Å². The van der Waals surface area contributed by atoms with Crippen molar-refractivity contribution < 1.29 is 0 Å². The third-order valence-corrected chi connectivity index (χ3v) is 2.58. The van der Waals surface area contributed by atoms with Gasteiger partial charge in [-0.3, -0.25) is 4.68 Å². The minimum Gasteiger partial charge on any atom is -0.256 e. The summed E-state index contributed by atoms with van der Waals surface area (Å²) in [4.78, 5) is 0. The molecular formula is C13H11ClN2. The molecule has 80 valence electrons. The molecule has 0 atom stereocenters. The summed E-state index contributed by atoms with van der Waals surface area (Å²) in [7, 11) is 0. The molecule has 0 aliphatic rings. The van der Waals surface area contributed by atoms with Gasteiger partial charge in [0.1, 0.15) is 6.54 Å². The maximum absolute atomic E-state index is 5.84. The van der Waals surface area contributed by atoms with Gasteiger partial charge in [-0.2, -0.15) is 5.10 Å². The minimum atomic E-state index is 0.418. The third kappa shape index (κ3) is 2.10. The molecule has 1 aromatic carbocycles. The van der Waals surface area contributed by atoms with Crippen LogP contribution in [0.25, 0.3) is 11.3 Å². The number of nitrogens with zero attached hydrogens (tertiary/aromatic N) is 2. The molecule has 0 spiro atoms. The summed E-state index contributed by atoms with van der Waals surface area (Å²) in [6.07, 6.45) is 5.28. The second-order valence-corrected chi connectivity index (χ2v) is 3.65. The molecule has 1 heterocycles. The number of hydrogen-bond acceptors (Lipinski definition) is 1. The fourth-order valence-electron chi connectivity index (χ4n) is 1.54. The van der Waals surface area contributed by atoms with E-state index in [4.69, 9.17) is 18.0 Å². The van der Waals surface area contributed by atoms with Gasteiger partial charge in [-0.1, -0.05) is 36.3 Å². The van der Waals surface area contributed by atoms with Crippen molar-refractivity contribution in [1.82, 2.24) is 9.78 Å². The van der Waals surface area contributed by atoms with E-state index in [-0.39, 0.29) is 0 Å². The topological polar surface area (TPSA) is 17.8 Å². The number of hydrogen-bond donors (Lipinski definition) is 0. The first-order valence-corrected chi connectivity index (χ1v) is 5.50. The number of halogens is 1. The van der Waals surface area contributed by atoms with Crippen molar-refractivity contribution in [3.05, 3.63) is 42.1 Å². The van der Waals surface area contributed by atoms with Crippen LogP contribution in [0.5, 0.6) is 0 Å². The Balaban J connectivity index is 2.41. The second-order valence-electron chi connectivity index (χ2n) is 3.38. The largest absolute Gasteiger partial charge is 0.256 e. The zero-order chi connectivity index (χ0) is 11.4. The average molecular weight is 231 g/mol. The SMILES string of the molecule is C#CCn1nc(-c2ccccc2)cc1CCl.